The number of hydrogen-bond acceptors (Lipinski definition) is 1. The molecule has 0 aromatic rings. The molecule has 0 aliphatic heterocycles. The molecule has 1 saturated carbocycles. The Morgan fingerprint density at radius 3 is 2.33 bits per heavy atom. The maximum Gasteiger partial charge on any atom is 0.133 e. The first-order valence-electron chi connectivity index (χ1n) is 4.88. The van der Waals surface area contributed by atoms with Gasteiger partial charge < -0.3 is 0 Å². The van der Waals surface area contributed by atoms with E-state index in [0.717, 1.165) is 31.6 Å². The Morgan fingerprint density at radius 2 is 1.83 bits per heavy atom. The van der Waals surface area contributed by atoms with Crippen molar-refractivity contribution in [1.29, 1.82) is 0 Å². The van der Waals surface area contributed by atoms with Crippen LogP contribution < -0.4 is 0 Å². The summed E-state index contributed by atoms with van der Waals surface area (Å²) in [6.07, 6.45) is 7.10. The van der Waals surface area contributed by atoms with Gasteiger partial charge in [0.1, 0.15) is 5.78 Å². The van der Waals surface area contributed by atoms with Crippen molar-refractivity contribution in [2.24, 2.45) is 5.92 Å². The molecule has 0 amide bonds. The Kier molecular flexibility index (Phi) is 3.51. The molecule has 12 heavy (non-hydrogen) atoms. The fourth-order valence-corrected chi connectivity index (χ4v) is 1.46. The largest absolute Gasteiger partial charge is 0.300 e. The fraction of sp³-hybridized carbons (Fsp3) is 0.727. The molecule has 1 aliphatic carbocycles. The van der Waals surface area contributed by atoms with Gasteiger partial charge in [0.2, 0.25) is 0 Å². The van der Waals surface area contributed by atoms with Gasteiger partial charge in [-0.2, -0.15) is 0 Å². The lowest BCUT2D eigenvalue weighted by atomic mass is 9.92. The third-order valence-corrected chi connectivity index (χ3v) is 2.33. The van der Waals surface area contributed by atoms with E-state index in [2.05, 4.69) is 19.9 Å². The van der Waals surface area contributed by atoms with Crippen LogP contribution in [0.15, 0.2) is 11.6 Å². The Hall–Kier alpha value is -0.590. The number of carbonyl (C=O) groups is 1. The van der Waals surface area contributed by atoms with Crippen molar-refractivity contribution in [3.8, 4) is 0 Å². The van der Waals surface area contributed by atoms with Crippen LogP contribution in [0, 0.1) is 5.92 Å². The zero-order chi connectivity index (χ0) is 8.97. The lowest BCUT2D eigenvalue weighted by molar-refractivity contribution is -0.119. The zero-order valence-electron chi connectivity index (χ0n) is 8.10. The minimum atomic E-state index is 0.441. The summed E-state index contributed by atoms with van der Waals surface area (Å²) in [5, 5.41) is 0. The molecule has 0 atom stereocenters. The number of carbonyl (C=O) groups excluding carboxylic acids is 1. The minimum absolute atomic E-state index is 0.441. The smallest absolute Gasteiger partial charge is 0.133 e. The number of hydrogen-bond donors (Lipinski definition) is 0. The number of Topliss-reactive ketones (excluding diaryl/α,β-unsaturated/α-hetero) is 1. The van der Waals surface area contributed by atoms with Gasteiger partial charge in [-0.1, -0.05) is 25.5 Å². The summed E-state index contributed by atoms with van der Waals surface area (Å²) in [6, 6.07) is 0. The summed E-state index contributed by atoms with van der Waals surface area (Å²) < 4.78 is 0. The Bertz CT molecular complexity index is 177. The van der Waals surface area contributed by atoms with Gasteiger partial charge in [0.15, 0.2) is 0 Å². The predicted octanol–water partition coefficient (Wildman–Crippen LogP) is 3.10. The molecule has 0 bridgehead atoms. The van der Waals surface area contributed by atoms with E-state index in [1.54, 1.807) is 0 Å². The van der Waals surface area contributed by atoms with E-state index < -0.39 is 0 Å². The van der Waals surface area contributed by atoms with Crippen LogP contribution in [0.1, 0.15) is 46.0 Å². The van der Waals surface area contributed by atoms with E-state index in [1.807, 2.05) is 0 Å². The summed E-state index contributed by atoms with van der Waals surface area (Å²) in [5.41, 5.74) is 1.50. The summed E-state index contributed by atoms with van der Waals surface area (Å²) in [6.45, 7) is 4.45. The van der Waals surface area contributed by atoms with Gasteiger partial charge >= 0.3 is 0 Å². The van der Waals surface area contributed by atoms with Crippen LogP contribution in [0.3, 0.4) is 0 Å². The van der Waals surface area contributed by atoms with Crippen molar-refractivity contribution < 1.29 is 4.79 Å². The van der Waals surface area contributed by atoms with Crippen LogP contribution in [0.25, 0.3) is 0 Å². The molecule has 68 valence electrons. The molecule has 0 aromatic carbocycles. The second-order valence-corrected chi connectivity index (χ2v) is 4.03. The molecule has 0 unspecified atom stereocenters. The van der Waals surface area contributed by atoms with Crippen molar-refractivity contribution in [3.05, 3.63) is 11.6 Å². The molecular weight excluding hydrogens is 148 g/mol. The SMILES string of the molecule is CC(C)CC=C1CCC(=O)CC1. The average molecular weight is 166 g/mol. The summed E-state index contributed by atoms with van der Waals surface area (Å²) in [4.78, 5) is 10.9. The maximum absolute atomic E-state index is 10.9. The van der Waals surface area contributed by atoms with Crippen molar-refractivity contribution in [2.45, 2.75) is 46.0 Å². The molecule has 0 saturated heterocycles. The van der Waals surface area contributed by atoms with Crippen LogP contribution in [0.2, 0.25) is 0 Å². The highest BCUT2D eigenvalue weighted by atomic mass is 16.1. The molecule has 0 N–H and O–H groups in total. The van der Waals surface area contributed by atoms with E-state index in [1.165, 1.54) is 12.0 Å². The van der Waals surface area contributed by atoms with Crippen LogP contribution in [0.4, 0.5) is 0 Å². The lowest BCUT2D eigenvalue weighted by Gasteiger charge is -2.13. The summed E-state index contributed by atoms with van der Waals surface area (Å²) in [7, 11) is 0. The summed E-state index contributed by atoms with van der Waals surface area (Å²) in [5.74, 6) is 1.19. The van der Waals surface area contributed by atoms with E-state index in [4.69, 9.17) is 0 Å². The number of rotatable bonds is 2. The molecule has 1 rings (SSSR count). The second-order valence-electron chi connectivity index (χ2n) is 4.03. The van der Waals surface area contributed by atoms with Gasteiger partial charge in [-0.3, -0.25) is 4.79 Å². The van der Waals surface area contributed by atoms with E-state index in [9.17, 15) is 4.79 Å². The van der Waals surface area contributed by atoms with Gasteiger partial charge in [0.05, 0.1) is 0 Å². The molecule has 1 fully saturated rings. The van der Waals surface area contributed by atoms with Crippen LogP contribution >= 0.6 is 0 Å². The predicted molar refractivity (Wildman–Crippen MR) is 51.0 cm³/mol. The Labute approximate surface area is 74.9 Å². The highest BCUT2D eigenvalue weighted by Gasteiger charge is 2.11. The average Bonchev–Trinajstić information content (AvgIpc) is 2.03. The van der Waals surface area contributed by atoms with Gasteiger partial charge in [-0.15, -0.1) is 0 Å². The topological polar surface area (TPSA) is 17.1 Å². The third kappa shape index (κ3) is 3.21. The second kappa shape index (κ2) is 4.44. The first-order chi connectivity index (χ1) is 5.68. The fourth-order valence-electron chi connectivity index (χ4n) is 1.46. The lowest BCUT2D eigenvalue weighted by Crippen LogP contribution is -2.06. The molecule has 1 nitrogen and oxygen atoms in total. The molecular formula is C11H18O. The highest BCUT2D eigenvalue weighted by Crippen LogP contribution is 2.21. The first-order valence-corrected chi connectivity index (χ1v) is 4.88. The van der Waals surface area contributed by atoms with Crippen LogP contribution in [-0.4, -0.2) is 5.78 Å². The molecule has 0 spiro atoms. The monoisotopic (exact) mass is 166 g/mol. The Morgan fingerprint density at radius 1 is 1.25 bits per heavy atom. The quantitative estimate of drug-likeness (QED) is 0.576. The third-order valence-electron chi connectivity index (χ3n) is 2.33. The highest BCUT2D eigenvalue weighted by molar-refractivity contribution is 5.80. The first kappa shape index (κ1) is 9.50. The normalized spacial score (nSPS) is 18.6. The molecule has 0 radical (unpaired) electrons. The van der Waals surface area contributed by atoms with Gasteiger partial charge in [-0.25, -0.2) is 0 Å². The van der Waals surface area contributed by atoms with Gasteiger partial charge in [-0.05, 0) is 25.2 Å². The number of allylic oxidation sites excluding steroid dienone is 2. The van der Waals surface area contributed by atoms with Crippen molar-refractivity contribution in [1.82, 2.24) is 0 Å². The van der Waals surface area contributed by atoms with E-state index >= 15 is 0 Å². The molecule has 0 heterocycles. The van der Waals surface area contributed by atoms with Gasteiger partial charge in [0.25, 0.3) is 0 Å². The van der Waals surface area contributed by atoms with Crippen LogP contribution in [-0.2, 0) is 4.79 Å². The standard InChI is InChI=1S/C11H18O/c1-9(2)3-4-10-5-7-11(12)8-6-10/h4,9H,3,5-8H2,1-2H3. The van der Waals surface area contributed by atoms with Gasteiger partial charge in [0, 0.05) is 12.8 Å². The number of ketones is 1. The maximum atomic E-state index is 10.9. The van der Waals surface area contributed by atoms with Crippen molar-refractivity contribution in [3.63, 3.8) is 0 Å². The molecule has 1 heteroatoms. The van der Waals surface area contributed by atoms with Crippen molar-refractivity contribution in [2.75, 3.05) is 0 Å². The zero-order valence-corrected chi connectivity index (χ0v) is 8.10. The molecule has 0 aromatic heterocycles. The Balaban J connectivity index is 2.33. The van der Waals surface area contributed by atoms with E-state index in [0.29, 0.717) is 5.78 Å². The minimum Gasteiger partial charge on any atom is -0.300 e. The summed E-state index contributed by atoms with van der Waals surface area (Å²) >= 11 is 0. The van der Waals surface area contributed by atoms with Crippen LogP contribution in [0.5, 0.6) is 0 Å². The van der Waals surface area contributed by atoms with E-state index in [-0.39, 0.29) is 0 Å². The van der Waals surface area contributed by atoms with Crippen molar-refractivity contribution >= 4 is 5.78 Å². The molecule has 1 aliphatic rings.